The summed E-state index contributed by atoms with van der Waals surface area (Å²) in [5.74, 6) is 0. The predicted octanol–water partition coefficient (Wildman–Crippen LogP) is 2.21. The molecule has 0 N–H and O–H groups in total. The number of rotatable bonds is 0. The number of allylic oxidation sites excluding steroid dienone is 2. The second kappa shape index (κ2) is 2.65. The van der Waals surface area contributed by atoms with E-state index in [1.165, 1.54) is 44.2 Å². The molecule has 2 rings (SSSR count). The minimum Gasteiger partial charge on any atom is -0.290 e. The zero-order valence-corrected chi connectivity index (χ0v) is 6.40. The van der Waals surface area contributed by atoms with E-state index in [9.17, 15) is 0 Å². The maximum Gasteiger partial charge on any atom is 0.0395 e. The lowest BCUT2D eigenvalue weighted by atomic mass is 9.91. The van der Waals surface area contributed by atoms with Gasteiger partial charge in [0.05, 0.1) is 0 Å². The second-order valence-electron chi connectivity index (χ2n) is 3.24. The predicted molar refractivity (Wildman–Crippen MR) is 41.7 cm³/mol. The van der Waals surface area contributed by atoms with E-state index in [1.807, 2.05) is 0 Å². The minimum absolute atomic E-state index is 1.10. The number of nitrogens with zero attached hydrogens (tertiary/aromatic N) is 1. The number of hydrogen-bond donors (Lipinski definition) is 0. The normalized spacial score (nSPS) is 25.6. The average Bonchev–Trinajstić information content (AvgIpc) is 2.05. The highest BCUT2D eigenvalue weighted by molar-refractivity contribution is 5.17. The van der Waals surface area contributed by atoms with Crippen molar-refractivity contribution in [1.82, 2.24) is 5.32 Å². The van der Waals surface area contributed by atoms with Gasteiger partial charge in [0.2, 0.25) is 0 Å². The van der Waals surface area contributed by atoms with Crippen molar-refractivity contribution < 1.29 is 0 Å². The van der Waals surface area contributed by atoms with Gasteiger partial charge in [-0.15, -0.1) is 0 Å². The van der Waals surface area contributed by atoms with Crippen LogP contribution >= 0.6 is 0 Å². The van der Waals surface area contributed by atoms with Crippen LogP contribution in [0.2, 0.25) is 0 Å². The van der Waals surface area contributed by atoms with Crippen molar-refractivity contribution in [2.45, 2.75) is 38.5 Å². The zero-order valence-electron chi connectivity index (χ0n) is 6.40. The molecule has 0 unspecified atom stereocenters. The molecule has 1 aliphatic heterocycles. The Morgan fingerprint density at radius 3 is 2.60 bits per heavy atom. The summed E-state index contributed by atoms with van der Waals surface area (Å²) >= 11 is 0. The lowest BCUT2D eigenvalue weighted by molar-refractivity contribution is 0.539. The largest absolute Gasteiger partial charge is 0.290 e. The summed E-state index contributed by atoms with van der Waals surface area (Å²) in [6.07, 6.45) is 8.06. The Hall–Kier alpha value is -0.460. The van der Waals surface area contributed by atoms with E-state index in [1.54, 1.807) is 5.57 Å². The Morgan fingerprint density at radius 1 is 0.900 bits per heavy atom. The van der Waals surface area contributed by atoms with Crippen LogP contribution in [-0.2, 0) is 0 Å². The summed E-state index contributed by atoms with van der Waals surface area (Å²) in [5.41, 5.74) is 3.15. The topological polar surface area (TPSA) is 14.1 Å². The van der Waals surface area contributed by atoms with Crippen LogP contribution in [-0.4, -0.2) is 6.54 Å². The molecule has 0 saturated heterocycles. The standard InChI is InChI=1S/C9H14N/c1-2-6-9-8(4-1)5-3-7-10-9/h1-7H2. The molecule has 0 aromatic rings. The fraction of sp³-hybridized carbons (Fsp3) is 0.778. The molecule has 55 valence electrons. The van der Waals surface area contributed by atoms with Crippen LogP contribution in [0.15, 0.2) is 11.3 Å². The molecule has 1 heterocycles. The van der Waals surface area contributed by atoms with Gasteiger partial charge in [0.1, 0.15) is 0 Å². The summed E-state index contributed by atoms with van der Waals surface area (Å²) in [7, 11) is 0. The SMILES string of the molecule is C1CCC2=C(C1)CCC[N]2. The summed E-state index contributed by atoms with van der Waals surface area (Å²) in [6, 6.07) is 0. The fourth-order valence-corrected chi connectivity index (χ4v) is 1.92. The van der Waals surface area contributed by atoms with Gasteiger partial charge in [0.25, 0.3) is 0 Å². The Kier molecular flexibility index (Phi) is 1.66. The molecule has 0 amide bonds. The average molecular weight is 136 g/mol. The maximum absolute atomic E-state index is 4.53. The molecule has 0 aromatic heterocycles. The Balaban J connectivity index is 2.14. The molecule has 0 aromatic carbocycles. The third kappa shape index (κ3) is 1.05. The molecule has 0 bridgehead atoms. The van der Waals surface area contributed by atoms with Gasteiger partial charge < -0.3 is 0 Å². The van der Waals surface area contributed by atoms with Crippen molar-refractivity contribution in [3.8, 4) is 0 Å². The third-order valence-electron chi connectivity index (χ3n) is 2.49. The molecular formula is C9H14N. The zero-order chi connectivity index (χ0) is 6.81. The minimum atomic E-state index is 1.10. The van der Waals surface area contributed by atoms with Gasteiger partial charge >= 0.3 is 0 Å². The highest BCUT2D eigenvalue weighted by Crippen LogP contribution is 2.29. The van der Waals surface area contributed by atoms with Crippen LogP contribution in [0.1, 0.15) is 38.5 Å². The van der Waals surface area contributed by atoms with Crippen molar-refractivity contribution in [2.75, 3.05) is 6.54 Å². The van der Waals surface area contributed by atoms with Gasteiger partial charge in [0, 0.05) is 12.2 Å². The quantitative estimate of drug-likeness (QED) is 0.485. The smallest absolute Gasteiger partial charge is 0.0395 e. The van der Waals surface area contributed by atoms with Crippen molar-refractivity contribution in [3.05, 3.63) is 11.3 Å². The van der Waals surface area contributed by atoms with Crippen LogP contribution in [0.5, 0.6) is 0 Å². The second-order valence-corrected chi connectivity index (χ2v) is 3.24. The van der Waals surface area contributed by atoms with Crippen LogP contribution < -0.4 is 5.32 Å². The molecule has 10 heavy (non-hydrogen) atoms. The van der Waals surface area contributed by atoms with E-state index in [-0.39, 0.29) is 0 Å². The summed E-state index contributed by atoms with van der Waals surface area (Å²) < 4.78 is 0. The van der Waals surface area contributed by atoms with Gasteiger partial charge in [-0.3, -0.25) is 5.32 Å². The first-order valence-corrected chi connectivity index (χ1v) is 4.35. The van der Waals surface area contributed by atoms with Crippen molar-refractivity contribution in [2.24, 2.45) is 0 Å². The molecule has 0 spiro atoms. The summed E-state index contributed by atoms with van der Waals surface area (Å²) in [6.45, 7) is 1.10. The van der Waals surface area contributed by atoms with Crippen LogP contribution in [0.25, 0.3) is 0 Å². The first-order chi connectivity index (χ1) is 4.97. The number of hydrogen-bond acceptors (Lipinski definition) is 0. The summed E-state index contributed by atoms with van der Waals surface area (Å²) in [5, 5.41) is 4.53. The van der Waals surface area contributed by atoms with Crippen LogP contribution in [0, 0.1) is 0 Å². The molecule has 1 aliphatic carbocycles. The van der Waals surface area contributed by atoms with E-state index >= 15 is 0 Å². The van der Waals surface area contributed by atoms with E-state index in [2.05, 4.69) is 5.32 Å². The van der Waals surface area contributed by atoms with Crippen LogP contribution in [0.4, 0.5) is 0 Å². The fourth-order valence-electron chi connectivity index (χ4n) is 1.92. The van der Waals surface area contributed by atoms with Crippen molar-refractivity contribution in [1.29, 1.82) is 0 Å². The molecule has 1 nitrogen and oxygen atoms in total. The molecule has 1 heteroatoms. The van der Waals surface area contributed by atoms with E-state index in [0.29, 0.717) is 0 Å². The first kappa shape index (κ1) is 6.26. The highest BCUT2D eigenvalue weighted by Gasteiger charge is 2.16. The maximum atomic E-state index is 4.53. The van der Waals surface area contributed by atoms with Gasteiger partial charge in [-0.25, -0.2) is 0 Å². The van der Waals surface area contributed by atoms with Crippen molar-refractivity contribution >= 4 is 0 Å². The molecule has 1 radical (unpaired) electrons. The monoisotopic (exact) mass is 136 g/mol. The molecule has 0 fully saturated rings. The third-order valence-corrected chi connectivity index (χ3v) is 2.49. The first-order valence-electron chi connectivity index (χ1n) is 4.35. The van der Waals surface area contributed by atoms with E-state index < -0.39 is 0 Å². The summed E-state index contributed by atoms with van der Waals surface area (Å²) in [4.78, 5) is 0. The highest BCUT2D eigenvalue weighted by atomic mass is 14.9. The molecule has 2 aliphatic rings. The van der Waals surface area contributed by atoms with Crippen molar-refractivity contribution in [3.63, 3.8) is 0 Å². The van der Waals surface area contributed by atoms with Crippen LogP contribution in [0.3, 0.4) is 0 Å². The lowest BCUT2D eigenvalue weighted by Gasteiger charge is -2.23. The molecule has 0 saturated carbocycles. The Labute approximate surface area is 62.5 Å². The Morgan fingerprint density at radius 2 is 1.70 bits per heavy atom. The van der Waals surface area contributed by atoms with Gasteiger partial charge in [-0.05, 0) is 44.1 Å². The lowest BCUT2D eigenvalue weighted by Crippen LogP contribution is -2.17. The van der Waals surface area contributed by atoms with Gasteiger partial charge in [-0.1, -0.05) is 0 Å². The van der Waals surface area contributed by atoms with Gasteiger partial charge in [0.15, 0.2) is 0 Å². The van der Waals surface area contributed by atoms with Gasteiger partial charge in [-0.2, -0.15) is 0 Å². The molecular weight excluding hydrogens is 122 g/mol. The van der Waals surface area contributed by atoms with E-state index in [4.69, 9.17) is 0 Å². The Bertz CT molecular complexity index is 124. The van der Waals surface area contributed by atoms with E-state index in [0.717, 1.165) is 6.54 Å². The molecule has 0 atom stereocenters.